The van der Waals surface area contributed by atoms with E-state index < -0.39 is 5.97 Å². The Morgan fingerprint density at radius 2 is 2.28 bits per heavy atom. The first kappa shape index (κ1) is 11.4. The third kappa shape index (κ3) is 2.17. The third-order valence-corrected chi connectivity index (χ3v) is 4.28. The summed E-state index contributed by atoms with van der Waals surface area (Å²) in [5.41, 5.74) is -0.00653. The molecule has 1 aromatic heterocycles. The predicted octanol–water partition coefficient (Wildman–Crippen LogP) is 2.02. The number of aromatic carboxylic acids is 1. The van der Waals surface area contributed by atoms with Crippen molar-refractivity contribution in [2.24, 2.45) is 17.8 Å². The minimum atomic E-state index is -1.04. The number of aromatic nitrogens is 2. The zero-order valence-electron chi connectivity index (χ0n) is 10.2. The molecule has 1 heterocycles. The summed E-state index contributed by atoms with van der Waals surface area (Å²) < 4.78 is 0. The second-order valence-electron chi connectivity index (χ2n) is 5.41. The Hall–Kier alpha value is -1.65. The van der Waals surface area contributed by atoms with Gasteiger partial charge in [0.1, 0.15) is 5.82 Å². The molecule has 96 valence electrons. The van der Waals surface area contributed by atoms with E-state index >= 15 is 0 Å². The lowest BCUT2D eigenvalue weighted by atomic mass is 9.89. The first-order valence-corrected chi connectivity index (χ1v) is 6.51. The van der Waals surface area contributed by atoms with Crippen molar-refractivity contribution in [2.75, 3.05) is 11.9 Å². The highest BCUT2D eigenvalue weighted by atomic mass is 16.4. The van der Waals surface area contributed by atoms with Crippen molar-refractivity contribution in [3.05, 3.63) is 18.1 Å². The number of hydrogen-bond acceptors (Lipinski definition) is 4. The summed E-state index contributed by atoms with van der Waals surface area (Å²) in [6, 6.07) is 0. The van der Waals surface area contributed by atoms with Crippen LogP contribution in [-0.2, 0) is 0 Å². The summed E-state index contributed by atoms with van der Waals surface area (Å²) in [4.78, 5) is 18.7. The van der Waals surface area contributed by atoms with Crippen LogP contribution in [-0.4, -0.2) is 27.6 Å². The Morgan fingerprint density at radius 3 is 2.94 bits per heavy atom. The molecule has 2 bridgehead atoms. The zero-order chi connectivity index (χ0) is 12.5. The Labute approximate surface area is 106 Å². The molecule has 3 rings (SSSR count). The lowest BCUT2D eigenvalue weighted by Crippen LogP contribution is -2.21. The fraction of sp³-hybridized carbons (Fsp3) is 0.615. The average Bonchev–Trinajstić information content (AvgIpc) is 2.99. The maximum Gasteiger partial charge on any atom is 0.356 e. The largest absolute Gasteiger partial charge is 0.476 e. The van der Waals surface area contributed by atoms with Crippen LogP contribution in [0.3, 0.4) is 0 Å². The molecule has 0 saturated heterocycles. The smallest absolute Gasteiger partial charge is 0.356 e. The highest BCUT2D eigenvalue weighted by Crippen LogP contribution is 2.48. The summed E-state index contributed by atoms with van der Waals surface area (Å²) in [7, 11) is 0. The van der Waals surface area contributed by atoms with E-state index in [1.807, 2.05) is 0 Å². The van der Waals surface area contributed by atoms with Crippen molar-refractivity contribution in [3.8, 4) is 0 Å². The van der Waals surface area contributed by atoms with Gasteiger partial charge in [-0.15, -0.1) is 0 Å². The number of hydrogen-bond donors (Lipinski definition) is 2. The molecule has 0 amide bonds. The summed E-state index contributed by atoms with van der Waals surface area (Å²) in [5.74, 6) is 2.04. The molecule has 2 fully saturated rings. The van der Waals surface area contributed by atoms with E-state index in [0.29, 0.717) is 5.82 Å². The molecule has 0 aliphatic heterocycles. The molecule has 5 heteroatoms. The van der Waals surface area contributed by atoms with Crippen LogP contribution in [0, 0.1) is 17.8 Å². The zero-order valence-corrected chi connectivity index (χ0v) is 10.2. The Morgan fingerprint density at radius 1 is 1.39 bits per heavy atom. The van der Waals surface area contributed by atoms with Crippen LogP contribution in [0.2, 0.25) is 0 Å². The molecule has 5 nitrogen and oxygen atoms in total. The van der Waals surface area contributed by atoms with Crippen LogP contribution in [0.25, 0.3) is 0 Å². The van der Waals surface area contributed by atoms with Gasteiger partial charge >= 0.3 is 5.97 Å². The van der Waals surface area contributed by atoms with Crippen molar-refractivity contribution >= 4 is 11.8 Å². The number of fused-ring (bicyclic) bond motifs is 2. The van der Waals surface area contributed by atoms with Gasteiger partial charge in [0.15, 0.2) is 5.69 Å². The van der Waals surface area contributed by atoms with Gasteiger partial charge in [-0.3, -0.25) is 4.98 Å². The second-order valence-corrected chi connectivity index (χ2v) is 5.41. The van der Waals surface area contributed by atoms with E-state index in [1.165, 1.54) is 31.9 Å². The van der Waals surface area contributed by atoms with Crippen molar-refractivity contribution in [1.82, 2.24) is 9.97 Å². The molecule has 2 aliphatic rings. The maximum atomic E-state index is 10.8. The Bertz CT molecular complexity index is 463. The van der Waals surface area contributed by atoms with Gasteiger partial charge in [-0.1, -0.05) is 6.42 Å². The van der Waals surface area contributed by atoms with E-state index in [4.69, 9.17) is 5.11 Å². The van der Waals surface area contributed by atoms with Gasteiger partial charge in [0.25, 0.3) is 0 Å². The molecule has 3 atom stereocenters. The fourth-order valence-electron chi connectivity index (χ4n) is 3.42. The van der Waals surface area contributed by atoms with Crippen molar-refractivity contribution < 1.29 is 9.90 Å². The quantitative estimate of drug-likeness (QED) is 0.851. The number of carbonyl (C=O) groups is 1. The number of carboxylic acids is 1. The van der Waals surface area contributed by atoms with Gasteiger partial charge < -0.3 is 10.4 Å². The van der Waals surface area contributed by atoms with Crippen molar-refractivity contribution in [1.29, 1.82) is 0 Å². The molecule has 0 spiro atoms. The van der Waals surface area contributed by atoms with Gasteiger partial charge in [0, 0.05) is 6.54 Å². The van der Waals surface area contributed by atoms with E-state index in [1.54, 1.807) is 6.20 Å². The molecular formula is C13H17N3O2. The standard InChI is InChI=1S/C13H17N3O2/c17-13(18)11-6-14-7-12(16-11)15-5-10-4-8-1-2-9(10)3-8/h6-10H,1-5H2,(H,15,16)(H,17,18). The Kier molecular flexibility index (Phi) is 2.89. The van der Waals surface area contributed by atoms with Crippen molar-refractivity contribution in [2.45, 2.75) is 25.7 Å². The number of rotatable bonds is 4. The van der Waals surface area contributed by atoms with Crippen LogP contribution in [0.1, 0.15) is 36.2 Å². The highest BCUT2D eigenvalue weighted by Gasteiger charge is 2.39. The SMILES string of the molecule is O=C(O)c1cncc(NCC2CC3CCC2C3)n1. The third-order valence-electron chi connectivity index (χ3n) is 4.28. The van der Waals surface area contributed by atoms with Gasteiger partial charge in [-0.05, 0) is 37.0 Å². The summed E-state index contributed by atoms with van der Waals surface area (Å²) in [5, 5.41) is 12.1. The minimum absolute atomic E-state index is 0.00653. The monoisotopic (exact) mass is 247 g/mol. The van der Waals surface area contributed by atoms with Crippen LogP contribution >= 0.6 is 0 Å². The van der Waals surface area contributed by atoms with E-state index in [0.717, 1.165) is 24.3 Å². The normalized spacial score (nSPS) is 29.4. The number of nitrogens with zero attached hydrogens (tertiary/aromatic N) is 2. The lowest BCUT2D eigenvalue weighted by molar-refractivity contribution is 0.0690. The van der Waals surface area contributed by atoms with Crippen LogP contribution in [0.4, 0.5) is 5.82 Å². The number of anilines is 1. The fourth-order valence-corrected chi connectivity index (χ4v) is 3.42. The summed E-state index contributed by atoms with van der Waals surface area (Å²) >= 11 is 0. The number of nitrogens with one attached hydrogen (secondary N) is 1. The molecule has 3 unspecified atom stereocenters. The topological polar surface area (TPSA) is 75.1 Å². The molecule has 2 saturated carbocycles. The minimum Gasteiger partial charge on any atom is -0.476 e. The maximum absolute atomic E-state index is 10.8. The molecule has 1 aromatic rings. The molecule has 0 radical (unpaired) electrons. The molecular weight excluding hydrogens is 230 g/mol. The number of carboxylic acid groups (broad SMARTS) is 1. The average molecular weight is 247 g/mol. The first-order valence-electron chi connectivity index (χ1n) is 6.51. The van der Waals surface area contributed by atoms with Gasteiger partial charge in [0.05, 0.1) is 12.4 Å². The summed E-state index contributed by atoms with van der Waals surface area (Å²) in [6.07, 6.45) is 8.30. The Balaban J connectivity index is 1.60. The molecule has 0 aromatic carbocycles. The molecule has 18 heavy (non-hydrogen) atoms. The molecule has 2 N–H and O–H groups in total. The second kappa shape index (κ2) is 4.55. The van der Waals surface area contributed by atoms with E-state index in [2.05, 4.69) is 15.3 Å². The lowest BCUT2D eigenvalue weighted by Gasteiger charge is -2.21. The van der Waals surface area contributed by atoms with Crippen LogP contribution < -0.4 is 5.32 Å². The van der Waals surface area contributed by atoms with Crippen molar-refractivity contribution in [3.63, 3.8) is 0 Å². The van der Waals surface area contributed by atoms with Gasteiger partial charge in [-0.25, -0.2) is 9.78 Å². The van der Waals surface area contributed by atoms with Gasteiger partial charge in [0.2, 0.25) is 0 Å². The van der Waals surface area contributed by atoms with E-state index in [-0.39, 0.29) is 5.69 Å². The van der Waals surface area contributed by atoms with E-state index in [9.17, 15) is 4.79 Å². The molecule has 2 aliphatic carbocycles. The predicted molar refractivity (Wildman–Crippen MR) is 66.4 cm³/mol. The van der Waals surface area contributed by atoms with Crippen LogP contribution in [0.5, 0.6) is 0 Å². The first-order chi connectivity index (χ1) is 8.72. The van der Waals surface area contributed by atoms with Crippen LogP contribution in [0.15, 0.2) is 12.4 Å². The van der Waals surface area contributed by atoms with Gasteiger partial charge in [-0.2, -0.15) is 0 Å². The summed E-state index contributed by atoms with van der Waals surface area (Å²) in [6.45, 7) is 0.888. The highest BCUT2D eigenvalue weighted by molar-refractivity contribution is 5.85.